The Morgan fingerprint density at radius 1 is 1.00 bits per heavy atom. The summed E-state index contributed by atoms with van der Waals surface area (Å²) in [4.78, 5) is 20.9. The van der Waals surface area contributed by atoms with Crippen molar-refractivity contribution in [3.63, 3.8) is 0 Å². The van der Waals surface area contributed by atoms with E-state index in [1.165, 1.54) is 6.07 Å². The van der Waals surface area contributed by atoms with Gasteiger partial charge >= 0.3 is 0 Å². The van der Waals surface area contributed by atoms with Gasteiger partial charge in [0.25, 0.3) is 0 Å². The number of amides is 1. The number of pyridine rings is 1. The molecule has 0 unspecified atom stereocenters. The van der Waals surface area contributed by atoms with Crippen molar-refractivity contribution in [1.29, 1.82) is 0 Å². The number of hydrogen-bond acceptors (Lipinski definition) is 2. The van der Waals surface area contributed by atoms with E-state index in [1.807, 2.05) is 68.4 Å². The summed E-state index contributed by atoms with van der Waals surface area (Å²) in [6.07, 6.45) is 1.65. The van der Waals surface area contributed by atoms with Crippen molar-refractivity contribution in [1.82, 2.24) is 9.97 Å². The number of rotatable bonds is 6. The average molecular weight is 452 g/mol. The predicted molar refractivity (Wildman–Crippen MR) is 136 cm³/mol. The zero-order chi connectivity index (χ0) is 23.7. The van der Waals surface area contributed by atoms with Crippen LogP contribution in [0, 0.1) is 19.7 Å². The maximum atomic E-state index is 14.1. The highest BCUT2D eigenvalue weighted by atomic mass is 19.1. The lowest BCUT2D eigenvalue weighted by molar-refractivity contribution is -0.116. The lowest BCUT2D eigenvalue weighted by Gasteiger charge is -2.10. The molecule has 5 aromatic rings. The number of aromatic nitrogens is 2. The SMILES string of the molecule is Cc1cccc(NC(=O)CCCc2c(-c3ccc4ccccc4n3)[nH]c3ccc(F)cc23)c1C. The summed E-state index contributed by atoms with van der Waals surface area (Å²) in [5, 5.41) is 4.93. The van der Waals surface area contributed by atoms with E-state index < -0.39 is 0 Å². The fourth-order valence-corrected chi connectivity index (χ4v) is 4.43. The molecule has 3 aromatic carbocycles. The molecule has 4 nitrogen and oxygen atoms in total. The second-order valence-corrected chi connectivity index (χ2v) is 8.71. The third-order valence-electron chi connectivity index (χ3n) is 6.43. The van der Waals surface area contributed by atoms with Gasteiger partial charge in [0, 0.05) is 28.4 Å². The first-order valence-electron chi connectivity index (χ1n) is 11.5. The van der Waals surface area contributed by atoms with Crippen LogP contribution in [0.1, 0.15) is 29.5 Å². The second-order valence-electron chi connectivity index (χ2n) is 8.71. The number of H-pyrrole nitrogens is 1. The van der Waals surface area contributed by atoms with Crippen LogP contribution in [0.25, 0.3) is 33.2 Å². The number of fused-ring (bicyclic) bond motifs is 2. The first-order valence-corrected chi connectivity index (χ1v) is 11.5. The Morgan fingerprint density at radius 3 is 2.74 bits per heavy atom. The smallest absolute Gasteiger partial charge is 0.224 e. The van der Waals surface area contributed by atoms with Crippen molar-refractivity contribution in [3.8, 4) is 11.4 Å². The van der Waals surface area contributed by atoms with Crippen LogP contribution >= 0.6 is 0 Å². The summed E-state index contributed by atoms with van der Waals surface area (Å²) >= 11 is 0. The molecule has 0 saturated carbocycles. The fourth-order valence-electron chi connectivity index (χ4n) is 4.43. The zero-order valence-electron chi connectivity index (χ0n) is 19.3. The fraction of sp³-hybridized carbons (Fsp3) is 0.172. The number of anilines is 1. The van der Waals surface area contributed by atoms with E-state index in [0.29, 0.717) is 19.3 Å². The van der Waals surface area contributed by atoms with Crippen LogP contribution in [0.4, 0.5) is 10.1 Å². The minimum atomic E-state index is -0.279. The molecule has 0 saturated heterocycles. The van der Waals surface area contributed by atoms with Gasteiger partial charge in [0.1, 0.15) is 5.82 Å². The molecule has 5 heteroatoms. The van der Waals surface area contributed by atoms with Gasteiger partial charge in [0.05, 0.1) is 16.9 Å². The molecule has 2 N–H and O–H groups in total. The molecule has 0 atom stereocenters. The molecule has 2 heterocycles. The van der Waals surface area contributed by atoms with E-state index in [1.54, 1.807) is 12.1 Å². The Balaban J connectivity index is 1.41. The van der Waals surface area contributed by atoms with Crippen molar-refractivity contribution in [2.75, 3.05) is 5.32 Å². The Morgan fingerprint density at radius 2 is 1.85 bits per heavy atom. The first-order chi connectivity index (χ1) is 16.5. The number of halogens is 1. The average Bonchev–Trinajstić information content (AvgIpc) is 3.19. The molecule has 0 fully saturated rings. The van der Waals surface area contributed by atoms with E-state index in [9.17, 15) is 9.18 Å². The van der Waals surface area contributed by atoms with Gasteiger partial charge in [-0.15, -0.1) is 0 Å². The summed E-state index contributed by atoms with van der Waals surface area (Å²) in [5.74, 6) is -0.302. The van der Waals surface area contributed by atoms with Gasteiger partial charge < -0.3 is 10.3 Å². The van der Waals surface area contributed by atoms with Crippen LogP contribution < -0.4 is 5.32 Å². The Kier molecular flexibility index (Phi) is 5.84. The number of nitrogens with zero attached hydrogens (tertiary/aromatic N) is 1. The summed E-state index contributed by atoms with van der Waals surface area (Å²) in [5.41, 5.74) is 7.51. The summed E-state index contributed by atoms with van der Waals surface area (Å²) in [6, 6.07) is 22.7. The molecule has 0 aliphatic carbocycles. The Bertz CT molecular complexity index is 1520. The van der Waals surface area contributed by atoms with Gasteiger partial charge in [-0.1, -0.05) is 36.4 Å². The minimum Gasteiger partial charge on any atom is -0.353 e. The van der Waals surface area contributed by atoms with Crippen LogP contribution in [0.5, 0.6) is 0 Å². The van der Waals surface area contributed by atoms with E-state index in [-0.39, 0.29) is 11.7 Å². The molecule has 0 bridgehead atoms. The lowest BCUT2D eigenvalue weighted by atomic mass is 10.0. The standard InChI is InChI=1S/C29H26FN3O/c1-18-7-5-11-24(19(18)2)32-28(34)12-6-9-22-23-17-21(30)14-16-26(23)33-29(22)27-15-13-20-8-3-4-10-25(20)31-27/h3-5,7-8,10-11,13-17,33H,6,9,12H2,1-2H3,(H,32,34). The molecular formula is C29H26FN3O. The second kappa shape index (κ2) is 9.10. The normalized spacial score (nSPS) is 11.3. The summed E-state index contributed by atoms with van der Waals surface area (Å²) < 4.78 is 14.1. The highest BCUT2D eigenvalue weighted by Gasteiger charge is 2.16. The molecular weight excluding hydrogens is 425 g/mol. The third kappa shape index (κ3) is 4.29. The molecule has 2 aromatic heterocycles. The number of carbonyl (C=O) groups is 1. The number of aryl methyl sites for hydroxylation is 2. The van der Waals surface area contributed by atoms with E-state index in [0.717, 1.165) is 55.6 Å². The predicted octanol–water partition coefficient (Wildman–Crippen LogP) is 7.10. The number of para-hydroxylation sites is 1. The third-order valence-corrected chi connectivity index (χ3v) is 6.43. The molecule has 0 aliphatic rings. The highest BCUT2D eigenvalue weighted by molar-refractivity contribution is 5.93. The molecule has 170 valence electrons. The summed E-state index contributed by atoms with van der Waals surface area (Å²) in [7, 11) is 0. The molecule has 5 rings (SSSR count). The molecule has 0 spiro atoms. The van der Waals surface area contributed by atoms with Crippen molar-refractivity contribution in [2.45, 2.75) is 33.1 Å². The molecule has 1 amide bonds. The van der Waals surface area contributed by atoms with Crippen molar-refractivity contribution < 1.29 is 9.18 Å². The van der Waals surface area contributed by atoms with Gasteiger partial charge in [-0.05, 0) is 79.8 Å². The largest absolute Gasteiger partial charge is 0.353 e. The number of carbonyl (C=O) groups excluding carboxylic acids is 1. The monoisotopic (exact) mass is 451 g/mol. The number of hydrogen-bond donors (Lipinski definition) is 2. The number of nitrogens with one attached hydrogen (secondary N) is 2. The lowest BCUT2D eigenvalue weighted by Crippen LogP contribution is -2.12. The molecule has 34 heavy (non-hydrogen) atoms. The van der Waals surface area contributed by atoms with Gasteiger partial charge in [0.2, 0.25) is 5.91 Å². The van der Waals surface area contributed by atoms with Gasteiger partial charge in [-0.2, -0.15) is 0 Å². The maximum absolute atomic E-state index is 14.1. The van der Waals surface area contributed by atoms with Gasteiger partial charge in [0.15, 0.2) is 0 Å². The molecule has 0 aliphatic heterocycles. The Hall–Kier alpha value is -3.99. The van der Waals surface area contributed by atoms with Crippen LogP contribution in [0.15, 0.2) is 72.8 Å². The maximum Gasteiger partial charge on any atom is 0.224 e. The zero-order valence-corrected chi connectivity index (χ0v) is 19.3. The minimum absolute atomic E-state index is 0.0231. The Labute approximate surface area is 197 Å². The van der Waals surface area contributed by atoms with Crippen molar-refractivity contribution in [3.05, 3.63) is 95.3 Å². The van der Waals surface area contributed by atoms with Gasteiger partial charge in [-0.25, -0.2) is 9.37 Å². The van der Waals surface area contributed by atoms with Crippen LogP contribution in [0.3, 0.4) is 0 Å². The van der Waals surface area contributed by atoms with Crippen LogP contribution in [0.2, 0.25) is 0 Å². The highest BCUT2D eigenvalue weighted by Crippen LogP contribution is 2.32. The van der Waals surface area contributed by atoms with Crippen molar-refractivity contribution >= 4 is 33.4 Å². The first kappa shape index (κ1) is 21.8. The van der Waals surface area contributed by atoms with E-state index in [4.69, 9.17) is 4.98 Å². The van der Waals surface area contributed by atoms with E-state index in [2.05, 4.69) is 10.3 Å². The van der Waals surface area contributed by atoms with Gasteiger partial charge in [-0.3, -0.25) is 4.79 Å². The topological polar surface area (TPSA) is 57.8 Å². The van der Waals surface area contributed by atoms with Crippen molar-refractivity contribution in [2.24, 2.45) is 0 Å². The summed E-state index contributed by atoms with van der Waals surface area (Å²) in [6.45, 7) is 4.04. The quantitative estimate of drug-likeness (QED) is 0.289. The number of benzene rings is 3. The van der Waals surface area contributed by atoms with Crippen LogP contribution in [-0.4, -0.2) is 15.9 Å². The molecule has 0 radical (unpaired) electrons. The van der Waals surface area contributed by atoms with E-state index >= 15 is 0 Å². The van der Waals surface area contributed by atoms with Crippen LogP contribution in [-0.2, 0) is 11.2 Å². The number of aromatic amines is 1.